The van der Waals surface area contributed by atoms with Crippen molar-refractivity contribution >= 4 is 21.8 Å². The van der Waals surface area contributed by atoms with Crippen LogP contribution in [0.25, 0.3) is 0 Å². The van der Waals surface area contributed by atoms with Gasteiger partial charge in [0, 0.05) is 24.2 Å². The number of carbonyl (C=O) groups excluding carboxylic acids is 1. The molecular weight excluding hydrogens is 456 g/mol. The minimum absolute atomic E-state index is 0.207. The fourth-order valence-corrected chi connectivity index (χ4v) is 3.21. The van der Waals surface area contributed by atoms with Crippen LogP contribution in [0.5, 0.6) is 28.7 Å². The molecule has 2 rings (SSSR count). The van der Waals surface area contributed by atoms with Crippen molar-refractivity contribution in [2.45, 2.75) is 13.5 Å². The lowest BCUT2D eigenvalue weighted by atomic mass is 10.1. The quantitative estimate of drug-likeness (QED) is 0.558. The summed E-state index contributed by atoms with van der Waals surface area (Å²) in [6.07, 6.45) is 0. The summed E-state index contributed by atoms with van der Waals surface area (Å²) in [6, 6.07) is 8.65. The van der Waals surface area contributed by atoms with E-state index in [1.807, 2.05) is 13.0 Å². The van der Waals surface area contributed by atoms with E-state index in [1.165, 1.54) is 21.3 Å². The Morgan fingerprint density at radius 1 is 1.00 bits per heavy atom. The first kappa shape index (κ1) is 23.2. The zero-order valence-electron chi connectivity index (χ0n) is 17.2. The van der Waals surface area contributed by atoms with E-state index in [9.17, 15) is 4.79 Å². The molecule has 0 radical (unpaired) electrons. The second-order valence-electron chi connectivity index (χ2n) is 5.91. The van der Waals surface area contributed by atoms with Crippen LogP contribution in [0.15, 0.2) is 28.7 Å². The summed E-state index contributed by atoms with van der Waals surface area (Å²) >= 11 is 3.35. The summed E-state index contributed by atoms with van der Waals surface area (Å²) in [5.74, 6) is 2.02. The van der Waals surface area contributed by atoms with E-state index in [2.05, 4.69) is 21.2 Å². The molecule has 0 atom stereocenters. The summed E-state index contributed by atoms with van der Waals surface area (Å²) in [5, 5.41) is 11.9. The molecule has 0 bridgehead atoms. The first-order chi connectivity index (χ1) is 14.5. The number of carbonyl (C=O) groups is 1. The van der Waals surface area contributed by atoms with Crippen molar-refractivity contribution in [3.8, 4) is 34.8 Å². The fourth-order valence-electron chi connectivity index (χ4n) is 2.65. The van der Waals surface area contributed by atoms with E-state index in [1.54, 1.807) is 24.3 Å². The van der Waals surface area contributed by atoms with Crippen molar-refractivity contribution in [1.82, 2.24) is 5.32 Å². The number of rotatable bonds is 10. The second kappa shape index (κ2) is 11.2. The van der Waals surface area contributed by atoms with Crippen LogP contribution >= 0.6 is 15.9 Å². The maximum absolute atomic E-state index is 12.3. The summed E-state index contributed by atoms with van der Waals surface area (Å²) in [4.78, 5) is 12.3. The van der Waals surface area contributed by atoms with E-state index in [-0.39, 0.29) is 19.1 Å². The van der Waals surface area contributed by atoms with Gasteiger partial charge in [-0.3, -0.25) is 4.79 Å². The Kier molecular flexibility index (Phi) is 8.62. The zero-order valence-corrected chi connectivity index (χ0v) is 18.8. The Bertz CT molecular complexity index is 942. The van der Waals surface area contributed by atoms with E-state index >= 15 is 0 Å². The molecular formula is C21H23BrN2O6. The SMILES string of the molecule is CCOc1cc(C#N)cc(Br)c1OCC(=O)NCc1cc(OC)c(OC)cc1OC. The van der Waals surface area contributed by atoms with Crippen LogP contribution in [0, 0.1) is 11.3 Å². The molecule has 0 heterocycles. The number of methoxy groups -OCH3 is 3. The Labute approximate surface area is 183 Å². The third-order valence-electron chi connectivity index (χ3n) is 4.05. The number of ether oxygens (including phenoxy) is 5. The van der Waals surface area contributed by atoms with E-state index < -0.39 is 0 Å². The van der Waals surface area contributed by atoms with Gasteiger partial charge in [0.25, 0.3) is 5.91 Å². The summed E-state index contributed by atoms with van der Waals surface area (Å²) in [6.45, 7) is 2.18. The summed E-state index contributed by atoms with van der Waals surface area (Å²) < 4.78 is 27.6. The van der Waals surface area contributed by atoms with Crippen LogP contribution in [-0.4, -0.2) is 40.5 Å². The highest BCUT2D eigenvalue weighted by Gasteiger charge is 2.16. The third-order valence-corrected chi connectivity index (χ3v) is 4.64. The van der Waals surface area contributed by atoms with Crippen LogP contribution in [0.3, 0.4) is 0 Å². The number of nitrogens with zero attached hydrogens (tertiary/aromatic N) is 1. The lowest BCUT2D eigenvalue weighted by molar-refractivity contribution is -0.123. The fraction of sp³-hybridized carbons (Fsp3) is 0.333. The number of benzene rings is 2. The van der Waals surface area contributed by atoms with Crippen LogP contribution in [-0.2, 0) is 11.3 Å². The molecule has 1 amide bonds. The molecule has 0 aliphatic carbocycles. The molecule has 9 heteroatoms. The van der Waals surface area contributed by atoms with Gasteiger partial charge in [0.05, 0.1) is 44.0 Å². The normalized spacial score (nSPS) is 10.0. The molecule has 160 valence electrons. The number of halogens is 1. The first-order valence-corrected chi connectivity index (χ1v) is 9.81. The first-order valence-electron chi connectivity index (χ1n) is 9.02. The number of hydrogen-bond acceptors (Lipinski definition) is 7. The van der Waals surface area contributed by atoms with Crippen LogP contribution < -0.4 is 29.0 Å². The van der Waals surface area contributed by atoms with Crippen molar-refractivity contribution in [3.63, 3.8) is 0 Å². The van der Waals surface area contributed by atoms with Crippen molar-refractivity contribution in [2.24, 2.45) is 0 Å². The Morgan fingerprint density at radius 2 is 1.67 bits per heavy atom. The van der Waals surface area contributed by atoms with Gasteiger partial charge in [0.2, 0.25) is 0 Å². The molecule has 0 unspecified atom stereocenters. The van der Waals surface area contributed by atoms with E-state index in [0.29, 0.717) is 45.4 Å². The largest absolute Gasteiger partial charge is 0.496 e. The topological polar surface area (TPSA) is 99.0 Å². The van der Waals surface area contributed by atoms with Gasteiger partial charge in [-0.05, 0) is 35.0 Å². The number of amides is 1. The zero-order chi connectivity index (χ0) is 22.1. The van der Waals surface area contributed by atoms with Crippen LogP contribution in [0.4, 0.5) is 0 Å². The van der Waals surface area contributed by atoms with Crippen LogP contribution in [0.1, 0.15) is 18.1 Å². The molecule has 0 aliphatic heterocycles. The van der Waals surface area contributed by atoms with E-state index in [0.717, 1.165) is 5.56 Å². The second-order valence-corrected chi connectivity index (χ2v) is 6.77. The molecule has 0 fully saturated rings. The lowest BCUT2D eigenvalue weighted by Crippen LogP contribution is -2.28. The van der Waals surface area contributed by atoms with Crippen LogP contribution in [0.2, 0.25) is 0 Å². The molecule has 30 heavy (non-hydrogen) atoms. The molecule has 0 saturated carbocycles. The Hall–Kier alpha value is -3.12. The Morgan fingerprint density at radius 3 is 2.27 bits per heavy atom. The molecule has 0 aliphatic rings. The van der Waals surface area contributed by atoms with Gasteiger partial charge in [-0.15, -0.1) is 0 Å². The minimum atomic E-state index is -0.342. The van der Waals surface area contributed by atoms with Gasteiger partial charge in [-0.25, -0.2) is 0 Å². The van der Waals surface area contributed by atoms with Gasteiger partial charge < -0.3 is 29.0 Å². The molecule has 0 aromatic heterocycles. The predicted octanol–water partition coefficient (Wildman–Crippen LogP) is 3.44. The van der Waals surface area contributed by atoms with Crippen molar-refractivity contribution in [2.75, 3.05) is 34.5 Å². The predicted molar refractivity (Wildman–Crippen MR) is 113 cm³/mol. The minimum Gasteiger partial charge on any atom is -0.496 e. The van der Waals surface area contributed by atoms with E-state index in [4.69, 9.17) is 28.9 Å². The molecule has 0 spiro atoms. The van der Waals surface area contributed by atoms with Gasteiger partial charge in [0.15, 0.2) is 29.6 Å². The number of nitriles is 1. The van der Waals surface area contributed by atoms with Gasteiger partial charge in [-0.2, -0.15) is 5.26 Å². The molecule has 1 N–H and O–H groups in total. The summed E-state index contributed by atoms with van der Waals surface area (Å²) in [7, 11) is 4.60. The van der Waals surface area contributed by atoms with Gasteiger partial charge in [0.1, 0.15) is 5.75 Å². The highest BCUT2D eigenvalue weighted by atomic mass is 79.9. The number of hydrogen-bond donors (Lipinski definition) is 1. The molecule has 2 aromatic rings. The monoisotopic (exact) mass is 478 g/mol. The lowest BCUT2D eigenvalue weighted by Gasteiger charge is -2.16. The van der Waals surface area contributed by atoms with Crippen molar-refractivity contribution in [1.29, 1.82) is 5.26 Å². The maximum Gasteiger partial charge on any atom is 0.258 e. The number of nitrogens with one attached hydrogen (secondary N) is 1. The highest BCUT2D eigenvalue weighted by Crippen LogP contribution is 2.37. The van der Waals surface area contributed by atoms with Crippen molar-refractivity contribution < 1.29 is 28.5 Å². The molecule has 0 saturated heterocycles. The standard InChI is InChI=1S/C21H23BrN2O6/c1-5-29-19-7-13(10-23)6-15(22)21(19)30-12-20(25)24-11-14-8-17(27-3)18(28-4)9-16(14)26-2/h6-9H,5,11-12H2,1-4H3,(H,24,25). The smallest absolute Gasteiger partial charge is 0.258 e. The summed E-state index contributed by atoms with van der Waals surface area (Å²) in [5.41, 5.74) is 1.14. The average Bonchev–Trinajstić information content (AvgIpc) is 2.76. The maximum atomic E-state index is 12.3. The molecule has 8 nitrogen and oxygen atoms in total. The highest BCUT2D eigenvalue weighted by molar-refractivity contribution is 9.10. The Balaban J connectivity index is 2.07. The average molecular weight is 479 g/mol. The van der Waals surface area contributed by atoms with Gasteiger partial charge in [-0.1, -0.05) is 0 Å². The third kappa shape index (κ3) is 5.70. The molecule has 2 aromatic carbocycles. The van der Waals surface area contributed by atoms with Crippen molar-refractivity contribution in [3.05, 3.63) is 39.9 Å². The van der Waals surface area contributed by atoms with Gasteiger partial charge >= 0.3 is 0 Å².